The number of alkyl halides is 2. The van der Waals surface area contributed by atoms with Crippen molar-refractivity contribution in [1.82, 2.24) is 0 Å². The van der Waals surface area contributed by atoms with Crippen LogP contribution in [-0.2, 0) is 19.1 Å². The minimum Gasteiger partial charge on any atom is -0.388 e. The standard InChI is InChI=1S/C23H30ClFO5/c1-13-29-21-8-9-22(30-13,18(28)12-26)20(21,3)11-17(25)23(24)16(21)5-4-14-10-15(27)6-7-19(14,23)2/h10,13,16-17,26H,4-9,11-12H2,1-3H3/t13?,16-,17-,19-,20-,21+,22+,23-/m0/s1. The van der Waals surface area contributed by atoms with E-state index in [1.165, 1.54) is 0 Å². The molecule has 5 nitrogen and oxygen atoms in total. The number of allylic oxidation sites excluding steroid dienone is 1. The highest BCUT2D eigenvalue weighted by Gasteiger charge is 2.82. The number of aliphatic hydroxyl groups is 1. The van der Waals surface area contributed by atoms with Gasteiger partial charge in [-0.1, -0.05) is 19.4 Å². The van der Waals surface area contributed by atoms with Crippen molar-refractivity contribution in [3.8, 4) is 0 Å². The lowest BCUT2D eigenvalue weighted by Gasteiger charge is -2.69. The predicted octanol–water partition coefficient (Wildman–Crippen LogP) is 3.64. The molecule has 0 radical (unpaired) electrons. The van der Waals surface area contributed by atoms with Crippen LogP contribution in [0.5, 0.6) is 0 Å². The van der Waals surface area contributed by atoms with Gasteiger partial charge in [0.1, 0.15) is 18.4 Å². The zero-order valence-corrected chi connectivity index (χ0v) is 18.6. The van der Waals surface area contributed by atoms with E-state index in [-0.39, 0.29) is 18.1 Å². The molecule has 4 aliphatic carbocycles. The van der Waals surface area contributed by atoms with E-state index >= 15 is 4.39 Å². The molecular weight excluding hydrogens is 411 g/mol. The Labute approximate surface area is 181 Å². The summed E-state index contributed by atoms with van der Waals surface area (Å²) in [5.41, 5.74) is -2.69. The molecule has 8 atom stereocenters. The molecule has 30 heavy (non-hydrogen) atoms. The lowest BCUT2D eigenvalue weighted by molar-refractivity contribution is -0.367. The minimum absolute atomic E-state index is 0.0300. The van der Waals surface area contributed by atoms with E-state index in [4.69, 9.17) is 21.1 Å². The third-order valence-corrected chi connectivity index (χ3v) is 10.5. The van der Waals surface area contributed by atoms with Crippen molar-refractivity contribution in [2.75, 3.05) is 6.61 Å². The van der Waals surface area contributed by atoms with Crippen molar-refractivity contribution < 1.29 is 28.6 Å². The van der Waals surface area contributed by atoms with Gasteiger partial charge < -0.3 is 14.6 Å². The summed E-state index contributed by atoms with van der Waals surface area (Å²) in [5.74, 6) is -0.641. The van der Waals surface area contributed by atoms with Crippen LogP contribution in [0.4, 0.5) is 4.39 Å². The summed E-state index contributed by atoms with van der Waals surface area (Å²) < 4.78 is 28.9. The van der Waals surface area contributed by atoms with Crippen molar-refractivity contribution >= 4 is 23.2 Å². The molecule has 0 aromatic rings. The molecule has 0 aromatic carbocycles. The Balaban J connectivity index is 1.70. The SMILES string of the molecule is CC1O[C@@]2(C(=O)CO)CC[C@@]3(O1)[C@@H]1CCC4=CC(=O)CC[C@]4(C)[C@@]1(Cl)[C@@H](F)C[C@]23C. The van der Waals surface area contributed by atoms with Crippen LogP contribution in [-0.4, -0.2) is 51.8 Å². The molecule has 0 aromatic heterocycles. The smallest absolute Gasteiger partial charge is 0.190 e. The van der Waals surface area contributed by atoms with Crippen LogP contribution in [0.25, 0.3) is 0 Å². The Hall–Kier alpha value is -0.820. The van der Waals surface area contributed by atoms with Gasteiger partial charge in [-0.3, -0.25) is 9.59 Å². The van der Waals surface area contributed by atoms with E-state index in [0.717, 1.165) is 5.57 Å². The number of carbonyl (C=O) groups excluding carboxylic acids is 2. The number of halogens is 2. The summed E-state index contributed by atoms with van der Waals surface area (Å²) in [6.45, 7) is 5.01. The minimum atomic E-state index is -1.39. The highest BCUT2D eigenvalue weighted by Crippen LogP contribution is 2.76. The highest BCUT2D eigenvalue weighted by atomic mass is 35.5. The summed E-state index contributed by atoms with van der Waals surface area (Å²) in [6.07, 6.45) is 2.77. The van der Waals surface area contributed by atoms with Gasteiger partial charge in [0.25, 0.3) is 0 Å². The number of fused-ring (bicyclic) bond motifs is 3. The Morgan fingerprint density at radius 1 is 1.27 bits per heavy atom. The first-order valence-corrected chi connectivity index (χ1v) is 11.5. The van der Waals surface area contributed by atoms with Crippen LogP contribution < -0.4 is 0 Å². The summed E-state index contributed by atoms with van der Waals surface area (Å²) in [5, 5.41) is 9.73. The number of ketones is 2. The molecule has 1 heterocycles. The largest absolute Gasteiger partial charge is 0.388 e. The highest BCUT2D eigenvalue weighted by molar-refractivity contribution is 6.26. The normalized spacial score (nSPS) is 54.7. The molecule has 5 rings (SSSR count). The molecule has 0 spiro atoms. The Kier molecular flexibility index (Phi) is 4.32. The summed E-state index contributed by atoms with van der Waals surface area (Å²) in [6, 6.07) is 0. The van der Waals surface area contributed by atoms with Gasteiger partial charge in [0.15, 0.2) is 17.9 Å². The first-order chi connectivity index (χ1) is 14.0. The van der Waals surface area contributed by atoms with Crippen molar-refractivity contribution in [3.63, 3.8) is 0 Å². The Morgan fingerprint density at radius 3 is 2.70 bits per heavy atom. The van der Waals surface area contributed by atoms with Gasteiger partial charge in [0.2, 0.25) is 0 Å². The average molecular weight is 441 g/mol. The van der Waals surface area contributed by atoms with Crippen LogP contribution in [0.15, 0.2) is 11.6 Å². The molecule has 7 heteroatoms. The van der Waals surface area contributed by atoms with Crippen LogP contribution in [0, 0.1) is 16.7 Å². The van der Waals surface area contributed by atoms with Crippen molar-refractivity contribution in [3.05, 3.63) is 11.6 Å². The second-order valence-electron chi connectivity index (χ2n) is 10.4. The van der Waals surface area contributed by atoms with E-state index in [2.05, 4.69) is 0 Å². The fraction of sp³-hybridized carbons (Fsp3) is 0.826. The molecule has 1 aliphatic heterocycles. The van der Waals surface area contributed by atoms with Crippen molar-refractivity contribution in [2.45, 2.75) is 94.3 Å². The summed E-state index contributed by atoms with van der Waals surface area (Å²) >= 11 is 7.38. The number of aliphatic hydroxyl groups excluding tert-OH is 1. The number of hydrogen-bond acceptors (Lipinski definition) is 5. The maximum atomic E-state index is 16.3. The first kappa shape index (κ1) is 21.0. The second-order valence-corrected chi connectivity index (χ2v) is 11.1. The monoisotopic (exact) mass is 440 g/mol. The summed E-state index contributed by atoms with van der Waals surface area (Å²) in [7, 11) is 0. The molecule has 1 N–H and O–H groups in total. The Morgan fingerprint density at radius 2 is 2.00 bits per heavy atom. The average Bonchev–Trinajstić information content (AvgIpc) is 2.82. The van der Waals surface area contributed by atoms with Gasteiger partial charge in [-0.2, -0.15) is 0 Å². The first-order valence-electron chi connectivity index (χ1n) is 11.1. The Bertz CT molecular complexity index is 861. The zero-order valence-electron chi connectivity index (χ0n) is 17.8. The van der Waals surface area contributed by atoms with Crippen LogP contribution in [0.1, 0.15) is 65.7 Å². The van der Waals surface area contributed by atoms with Crippen LogP contribution in [0.2, 0.25) is 0 Å². The van der Waals surface area contributed by atoms with Gasteiger partial charge in [0, 0.05) is 23.2 Å². The molecular formula is C23H30ClFO5. The number of ether oxygens (including phenoxy) is 2. The molecule has 1 unspecified atom stereocenters. The van der Waals surface area contributed by atoms with Gasteiger partial charge in [-0.15, -0.1) is 11.6 Å². The van der Waals surface area contributed by atoms with Crippen LogP contribution in [0.3, 0.4) is 0 Å². The number of hydrogen-bond donors (Lipinski definition) is 1. The number of rotatable bonds is 2. The maximum Gasteiger partial charge on any atom is 0.190 e. The van der Waals surface area contributed by atoms with Gasteiger partial charge in [-0.05, 0) is 51.5 Å². The fourth-order valence-electron chi connectivity index (χ4n) is 8.14. The van der Waals surface area contributed by atoms with E-state index < -0.39 is 51.8 Å². The lowest BCUT2D eigenvalue weighted by Crippen LogP contribution is -2.78. The van der Waals surface area contributed by atoms with Gasteiger partial charge >= 0.3 is 0 Å². The molecule has 1 saturated heterocycles. The van der Waals surface area contributed by atoms with E-state index in [0.29, 0.717) is 38.5 Å². The molecule has 4 fully saturated rings. The zero-order chi connectivity index (χ0) is 21.7. The molecule has 0 amide bonds. The van der Waals surface area contributed by atoms with Crippen LogP contribution >= 0.6 is 11.6 Å². The third kappa shape index (κ3) is 2.06. The predicted molar refractivity (Wildman–Crippen MR) is 108 cm³/mol. The molecule has 3 saturated carbocycles. The molecule has 2 bridgehead atoms. The fourth-order valence-corrected chi connectivity index (χ4v) is 8.72. The van der Waals surface area contributed by atoms with E-state index in [1.807, 2.05) is 13.8 Å². The second kappa shape index (κ2) is 6.15. The maximum absolute atomic E-state index is 16.3. The van der Waals surface area contributed by atoms with E-state index in [1.54, 1.807) is 13.0 Å². The quantitative estimate of drug-likeness (QED) is 0.663. The van der Waals surface area contributed by atoms with Crippen molar-refractivity contribution in [1.29, 1.82) is 0 Å². The topological polar surface area (TPSA) is 72.8 Å². The van der Waals surface area contributed by atoms with Gasteiger partial charge in [-0.25, -0.2) is 4.39 Å². The number of carbonyl (C=O) groups is 2. The summed E-state index contributed by atoms with van der Waals surface area (Å²) in [4.78, 5) is 23.9. The van der Waals surface area contributed by atoms with E-state index in [9.17, 15) is 14.7 Å². The number of Topliss-reactive ketones (excluding diaryl/α,β-unsaturated/α-hetero) is 1. The van der Waals surface area contributed by atoms with Crippen molar-refractivity contribution in [2.24, 2.45) is 16.7 Å². The third-order valence-electron chi connectivity index (χ3n) is 9.59. The lowest BCUT2D eigenvalue weighted by atomic mass is 9.43. The molecule has 166 valence electrons. The van der Waals surface area contributed by atoms with Gasteiger partial charge in [0.05, 0.1) is 10.5 Å². The molecule has 5 aliphatic rings.